The topological polar surface area (TPSA) is 46.6 Å². The van der Waals surface area contributed by atoms with Gasteiger partial charge in [-0.25, -0.2) is 4.79 Å². The molecule has 1 aromatic carbocycles. The number of ether oxygens (including phenoxy) is 1. The average molecular weight is 453 g/mol. The van der Waals surface area contributed by atoms with Crippen molar-refractivity contribution in [1.82, 2.24) is 4.90 Å². The van der Waals surface area contributed by atoms with E-state index in [1.807, 2.05) is 30.3 Å². The van der Waals surface area contributed by atoms with E-state index in [0.717, 1.165) is 12.6 Å². The van der Waals surface area contributed by atoms with Crippen LogP contribution in [0.2, 0.25) is 0 Å². The molecule has 0 aromatic heterocycles. The van der Waals surface area contributed by atoms with E-state index < -0.39 is 34.5 Å². The van der Waals surface area contributed by atoms with Crippen LogP contribution in [0, 0.1) is 0 Å². The fourth-order valence-corrected chi connectivity index (χ4v) is 3.08. The zero-order chi connectivity index (χ0) is 20.0. The summed E-state index contributed by atoms with van der Waals surface area (Å²) in [6.07, 6.45) is -5.12. The predicted molar refractivity (Wildman–Crippen MR) is 96.5 cm³/mol. The molecule has 0 saturated heterocycles. The number of hydrogen-bond acceptors (Lipinski definition) is 4. The molecule has 0 fully saturated rings. The Morgan fingerprint density at radius 1 is 1.19 bits per heavy atom. The molecule has 0 aliphatic heterocycles. The summed E-state index contributed by atoms with van der Waals surface area (Å²) in [7, 11) is 0.875. The summed E-state index contributed by atoms with van der Waals surface area (Å²) in [6.45, 7) is -0.648. The fourth-order valence-electron chi connectivity index (χ4n) is 1.79. The largest absolute Gasteiger partial charge is 0.471 e. The lowest BCUT2D eigenvalue weighted by Gasteiger charge is -2.27. The highest BCUT2D eigenvalue weighted by molar-refractivity contribution is 7.98. The van der Waals surface area contributed by atoms with Crippen molar-refractivity contribution in [3.8, 4) is 0 Å². The van der Waals surface area contributed by atoms with Crippen LogP contribution in [-0.4, -0.2) is 52.2 Å². The van der Waals surface area contributed by atoms with Crippen molar-refractivity contribution in [3.63, 3.8) is 0 Å². The van der Waals surface area contributed by atoms with Crippen molar-refractivity contribution in [2.45, 2.75) is 21.8 Å². The molecule has 146 valence electrons. The summed E-state index contributed by atoms with van der Waals surface area (Å²) < 4.78 is 40.8. The van der Waals surface area contributed by atoms with Gasteiger partial charge in [-0.1, -0.05) is 65.1 Å². The van der Waals surface area contributed by atoms with Gasteiger partial charge in [0, 0.05) is 18.6 Å². The molecule has 0 radical (unpaired) electrons. The molecule has 0 saturated carbocycles. The first-order chi connectivity index (χ1) is 11.9. The zero-order valence-electron chi connectivity index (χ0n) is 13.4. The summed E-state index contributed by atoms with van der Waals surface area (Å²) >= 11 is 17.6. The molecular formula is C15H15Cl3F3NO3S. The van der Waals surface area contributed by atoms with E-state index >= 15 is 0 Å². The van der Waals surface area contributed by atoms with E-state index in [4.69, 9.17) is 39.5 Å². The third-order valence-electron chi connectivity index (χ3n) is 3.07. The normalized spacial score (nSPS) is 13.2. The van der Waals surface area contributed by atoms with Crippen LogP contribution in [0.5, 0.6) is 0 Å². The monoisotopic (exact) mass is 451 g/mol. The number of thioether (sulfide) groups is 1. The number of rotatable bonds is 7. The van der Waals surface area contributed by atoms with Crippen LogP contribution in [-0.2, 0) is 20.1 Å². The maximum Gasteiger partial charge on any atom is 0.471 e. The van der Waals surface area contributed by atoms with E-state index in [1.54, 1.807) is 0 Å². The second-order valence-electron chi connectivity index (χ2n) is 5.15. The van der Waals surface area contributed by atoms with Crippen molar-refractivity contribution < 1.29 is 27.5 Å². The van der Waals surface area contributed by atoms with Crippen LogP contribution in [0.1, 0.15) is 5.56 Å². The number of nitrogens with zero attached hydrogens (tertiary/aromatic N) is 1. The first-order valence-corrected chi connectivity index (χ1v) is 9.39. The van der Waals surface area contributed by atoms with Crippen molar-refractivity contribution in [2.24, 2.45) is 0 Å². The molecule has 1 aromatic rings. The number of hydrogen-bond donors (Lipinski definition) is 0. The number of carbonyl (C=O) groups is 2. The highest BCUT2D eigenvalue weighted by atomic mass is 35.6. The van der Waals surface area contributed by atoms with Gasteiger partial charge in [-0.3, -0.25) is 4.79 Å². The van der Waals surface area contributed by atoms with Crippen molar-refractivity contribution in [1.29, 1.82) is 0 Å². The highest BCUT2D eigenvalue weighted by Gasteiger charge is 2.45. The summed E-state index contributed by atoms with van der Waals surface area (Å²) in [5, 5.41) is 0. The first kappa shape index (κ1) is 23.2. The molecule has 0 heterocycles. The second kappa shape index (κ2) is 9.92. The van der Waals surface area contributed by atoms with Gasteiger partial charge < -0.3 is 9.64 Å². The third kappa shape index (κ3) is 8.24. The Kier molecular flexibility index (Phi) is 8.85. The van der Waals surface area contributed by atoms with Gasteiger partial charge >= 0.3 is 18.1 Å². The molecule has 1 amide bonds. The van der Waals surface area contributed by atoms with Gasteiger partial charge in [-0.2, -0.15) is 24.9 Å². The van der Waals surface area contributed by atoms with Crippen molar-refractivity contribution in [2.75, 3.05) is 19.4 Å². The lowest BCUT2D eigenvalue weighted by molar-refractivity contribution is -0.188. The zero-order valence-corrected chi connectivity index (χ0v) is 16.5. The number of carbonyl (C=O) groups excluding carboxylic acids is 2. The van der Waals surface area contributed by atoms with E-state index in [0.29, 0.717) is 10.7 Å². The minimum atomic E-state index is -5.12. The summed E-state index contributed by atoms with van der Waals surface area (Å²) in [6, 6.07) is 7.61. The summed E-state index contributed by atoms with van der Waals surface area (Å²) in [5.74, 6) is -2.93. The molecule has 0 aliphatic carbocycles. The number of halogens is 6. The molecule has 0 spiro atoms. The Morgan fingerprint density at radius 3 is 2.27 bits per heavy atom. The molecule has 26 heavy (non-hydrogen) atoms. The molecule has 11 heteroatoms. The molecule has 1 rings (SSSR count). The number of likely N-dealkylation sites (N-methyl/N-ethyl adjacent to an activating group) is 1. The molecule has 0 aliphatic rings. The molecule has 0 N–H and O–H groups in total. The molecular weight excluding hydrogens is 438 g/mol. The van der Waals surface area contributed by atoms with Crippen LogP contribution >= 0.6 is 46.6 Å². The minimum absolute atomic E-state index is 0.119. The SMILES string of the molecule is CN(C(=O)C(F)(F)F)[C@@H](CSCc1ccccc1)C(=O)OCC(Cl)(Cl)Cl. The van der Waals surface area contributed by atoms with Crippen LogP contribution in [0.3, 0.4) is 0 Å². The fraction of sp³-hybridized carbons (Fsp3) is 0.467. The van der Waals surface area contributed by atoms with E-state index in [-0.39, 0.29) is 5.75 Å². The summed E-state index contributed by atoms with van der Waals surface area (Å²) in [4.78, 5) is 23.9. The molecule has 4 nitrogen and oxygen atoms in total. The van der Waals surface area contributed by atoms with Crippen LogP contribution in [0.25, 0.3) is 0 Å². The third-order valence-corrected chi connectivity index (χ3v) is 4.48. The van der Waals surface area contributed by atoms with Crippen molar-refractivity contribution in [3.05, 3.63) is 35.9 Å². The summed E-state index contributed by atoms with van der Waals surface area (Å²) in [5.41, 5.74) is 0.913. The second-order valence-corrected chi connectivity index (χ2v) is 8.70. The Morgan fingerprint density at radius 2 is 1.77 bits per heavy atom. The van der Waals surface area contributed by atoms with Gasteiger partial charge in [0.15, 0.2) is 0 Å². The van der Waals surface area contributed by atoms with E-state index in [9.17, 15) is 22.8 Å². The average Bonchev–Trinajstić information content (AvgIpc) is 2.55. The maximum atomic E-state index is 12.7. The maximum absolute atomic E-state index is 12.7. The number of amides is 1. The Balaban J connectivity index is 2.79. The van der Waals surface area contributed by atoms with Gasteiger partial charge in [0.05, 0.1) is 0 Å². The number of alkyl halides is 6. The van der Waals surface area contributed by atoms with E-state index in [1.165, 1.54) is 11.8 Å². The van der Waals surface area contributed by atoms with Crippen molar-refractivity contribution >= 4 is 58.4 Å². The van der Waals surface area contributed by atoms with Gasteiger partial charge in [0.1, 0.15) is 12.6 Å². The predicted octanol–water partition coefficient (Wildman–Crippen LogP) is 4.22. The molecule has 0 unspecified atom stereocenters. The smallest absolute Gasteiger partial charge is 0.460 e. The van der Waals surface area contributed by atoms with Crippen LogP contribution in [0.4, 0.5) is 13.2 Å². The minimum Gasteiger partial charge on any atom is -0.460 e. The quantitative estimate of drug-likeness (QED) is 0.459. The van der Waals surface area contributed by atoms with E-state index in [2.05, 4.69) is 0 Å². The van der Waals surface area contributed by atoms with Crippen LogP contribution in [0.15, 0.2) is 30.3 Å². The number of benzene rings is 1. The van der Waals surface area contributed by atoms with Crippen LogP contribution < -0.4 is 0 Å². The molecule has 1 atom stereocenters. The lowest BCUT2D eigenvalue weighted by atomic mass is 10.2. The Bertz CT molecular complexity index is 612. The lowest BCUT2D eigenvalue weighted by Crippen LogP contribution is -2.50. The number of esters is 1. The Labute approximate surface area is 167 Å². The Hall–Kier alpha value is -0.830. The van der Waals surface area contributed by atoms with Gasteiger partial charge in [0.2, 0.25) is 3.79 Å². The van der Waals surface area contributed by atoms with Gasteiger partial charge in [0.25, 0.3) is 0 Å². The highest BCUT2D eigenvalue weighted by Crippen LogP contribution is 2.27. The standard InChI is InChI=1S/C15H15Cl3F3NO3S/c1-22(13(24)15(19,20)21)11(12(23)25-9-14(16,17)18)8-26-7-10-5-3-2-4-6-10/h2-6,11H,7-9H2,1H3/t11-/m0/s1. The first-order valence-electron chi connectivity index (χ1n) is 7.11. The molecule has 0 bridgehead atoms. The van der Waals surface area contributed by atoms with Gasteiger partial charge in [-0.05, 0) is 5.56 Å². The van der Waals surface area contributed by atoms with Gasteiger partial charge in [-0.15, -0.1) is 0 Å².